The molecule has 0 N–H and O–H groups in total. The number of rotatable bonds is 10. The van der Waals surface area contributed by atoms with E-state index in [0.717, 1.165) is 0 Å². The van der Waals surface area contributed by atoms with Crippen molar-refractivity contribution in [3.63, 3.8) is 0 Å². The third-order valence-corrected chi connectivity index (χ3v) is 8.63. The fourth-order valence-corrected chi connectivity index (χ4v) is 8.01. The minimum atomic E-state index is -6.11. The van der Waals surface area contributed by atoms with Crippen LogP contribution in [-0.4, -0.2) is 42.2 Å². The molecule has 31 heavy (non-hydrogen) atoms. The minimum absolute atomic E-state index is 1.17. The van der Waals surface area contributed by atoms with E-state index in [-0.39, 0.29) is 0 Å². The maximum atomic E-state index is 14.9. The summed E-state index contributed by atoms with van der Waals surface area (Å²) < 4.78 is 135. The molecule has 0 amide bonds. The second kappa shape index (κ2) is 9.11. The summed E-state index contributed by atoms with van der Waals surface area (Å²) in [5.74, 6) is -17.6. The predicted molar refractivity (Wildman–Crippen MR) is 102 cm³/mol. The molecular formula is C17H28F6O6P2. The molecule has 0 aromatic heterocycles. The third-order valence-electron chi connectivity index (χ3n) is 3.55. The monoisotopic (exact) mass is 504 g/mol. The van der Waals surface area contributed by atoms with E-state index in [1.165, 1.54) is 55.4 Å². The van der Waals surface area contributed by atoms with Crippen molar-refractivity contribution in [3.05, 3.63) is 10.6 Å². The van der Waals surface area contributed by atoms with Gasteiger partial charge in [-0.15, -0.1) is 0 Å². The molecule has 0 spiro atoms. The van der Waals surface area contributed by atoms with Gasteiger partial charge in [-0.3, -0.25) is 9.13 Å². The molecule has 0 heterocycles. The first-order valence-electron chi connectivity index (χ1n) is 9.49. The van der Waals surface area contributed by atoms with Gasteiger partial charge >= 0.3 is 33.0 Å². The maximum Gasteiger partial charge on any atom is 0.381 e. The van der Waals surface area contributed by atoms with E-state index in [9.17, 15) is 35.5 Å². The zero-order chi connectivity index (χ0) is 24.8. The van der Waals surface area contributed by atoms with Gasteiger partial charge in [0.05, 0.1) is 24.4 Å². The maximum absolute atomic E-state index is 14.9. The number of alkyl halides is 6. The van der Waals surface area contributed by atoms with Crippen LogP contribution in [-0.2, 0) is 27.2 Å². The zero-order valence-corrected chi connectivity index (χ0v) is 20.2. The second-order valence-corrected chi connectivity index (χ2v) is 11.8. The van der Waals surface area contributed by atoms with Crippen LogP contribution >= 0.6 is 15.2 Å². The van der Waals surface area contributed by atoms with Crippen LogP contribution in [0.3, 0.4) is 0 Å². The van der Waals surface area contributed by atoms with E-state index in [1.807, 2.05) is 0 Å². The van der Waals surface area contributed by atoms with Crippen molar-refractivity contribution in [1.29, 1.82) is 0 Å². The van der Waals surface area contributed by atoms with Crippen molar-refractivity contribution in [2.75, 3.05) is 0 Å². The molecular weight excluding hydrogens is 476 g/mol. The van der Waals surface area contributed by atoms with Crippen LogP contribution in [0.2, 0.25) is 0 Å². The Bertz CT molecular complexity index is 704. The van der Waals surface area contributed by atoms with E-state index < -0.39 is 68.0 Å². The van der Waals surface area contributed by atoms with Crippen LogP contribution in [0.1, 0.15) is 55.4 Å². The molecule has 0 aromatic carbocycles. The zero-order valence-electron chi connectivity index (χ0n) is 18.4. The summed E-state index contributed by atoms with van der Waals surface area (Å²) in [6.45, 7) is 9.63. The van der Waals surface area contributed by atoms with Gasteiger partial charge in [0.1, 0.15) is 10.6 Å². The molecule has 0 aliphatic heterocycles. The summed E-state index contributed by atoms with van der Waals surface area (Å²) in [5, 5.41) is -4.80. The lowest BCUT2D eigenvalue weighted by molar-refractivity contribution is -0.262. The molecule has 184 valence electrons. The first kappa shape index (κ1) is 28.7. The van der Waals surface area contributed by atoms with Gasteiger partial charge in [0.25, 0.3) is 0 Å². The summed E-state index contributed by atoms with van der Waals surface area (Å²) in [7, 11) is -11.1. The molecule has 0 saturated carbocycles. The molecule has 1 rings (SSSR count). The lowest BCUT2D eigenvalue weighted by Crippen LogP contribution is -2.49. The summed E-state index contributed by atoms with van der Waals surface area (Å²) >= 11 is 0. The van der Waals surface area contributed by atoms with Gasteiger partial charge in [-0.05, 0) is 55.4 Å². The van der Waals surface area contributed by atoms with Crippen molar-refractivity contribution >= 4 is 15.2 Å². The van der Waals surface area contributed by atoms with Crippen LogP contribution in [0, 0.1) is 0 Å². The molecule has 0 unspecified atom stereocenters. The van der Waals surface area contributed by atoms with Crippen molar-refractivity contribution in [1.82, 2.24) is 0 Å². The summed E-state index contributed by atoms with van der Waals surface area (Å²) in [6.07, 6.45) is -4.69. The predicted octanol–water partition coefficient (Wildman–Crippen LogP) is 7.20. The normalized spacial score (nSPS) is 21.2. The van der Waals surface area contributed by atoms with Crippen LogP contribution in [0.25, 0.3) is 0 Å². The van der Waals surface area contributed by atoms with Crippen LogP contribution in [0.4, 0.5) is 26.3 Å². The van der Waals surface area contributed by atoms with Gasteiger partial charge in [0.15, 0.2) is 0 Å². The Hall–Kier alpha value is -0.380. The second-order valence-electron chi connectivity index (χ2n) is 8.03. The van der Waals surface area contributed by atoms with Crippen LogP contribution < -0.4 is 0 Å². The molecule has 0 aromatic rings. The van der Waals surface area contributed by atoms with E-state index in [1.54, 1.807) is 0 Å². The van der Waals surface area contributed by atoms with Crippen LogP contribution in [0.15, 0.2) is 10.6 Å². The van der Waals surface area contributed by atoms with E-state index >= 15 is 0 Å². The highest BCUT2D eigenvalue weighted by Crippen LogP contribution is 2.80. The van der Waals surface area contributed by atoms with Crippen molar-refractivity contribution < 1.29 is 53.6 Å². The van der Waals surface area contributed by atoms with E-state index in [4.69, 9.17) is 18.1 Å². The molecule has 0 bridgehead atoms. The summed E-state index contributed by atoms with van der Waals surface area (Å²) in [4.78, 5) is 0. The molecule has 1 aliphatic rings. The average Bonchev–Trinajstić information content (AvgIpc) is 2.58. The molecule has 0 radical (unpaired) electrons. The van der Waals surface area contributed by atoms with Crippen LogP contribution in [0.5, 0.6) is 0 Å². The largest absolute Gasteiger partial charge is 0.381 e. The fourth-order valence-electron chi connectivity index (χ4n) is 2.77. The van der Waals surface area contributed by atoms with Gasteiger partial charge in [-0.25, -0.2) is 0 Å². The topological polar surface area (TPSA) is 71.1 Å². The smallest absolute Gasteiger partial charge is 0.302 e. The lowest BCUT2D eigenvalue weighted by Gasteiger charge is -2.29. The summed E-state index contributed by atoms with van der Waals surface area (Å²) in [5.41, 5.74) is 0. The highest BCUT2D eigenvalue weighted by Gasteiger charge is 2.86. The molecule has 0 saturated heterocycles. The number of allylic oxidation sites excluding steroid dienone is 2. The minimum Gasteiger partial charge on any atom is -0.302 e. The Balaban J connectivity index is 4.17. The fraction of sp³-hybridized carbons (Fsp3) is 0.882. The summed E-state index contributed by atoms with van der Waals surface area (Å²) in [6, 6.07) is 0. The lowest BCUT2D eigenvalue weighted by atomic mass is 10.2. The highest BCUT2D eigenvalue weighted by atomic mass is 31.2. The molecule has 0 fully saturated rings. The van der Waals surface area contributed by atoms with Gasteiger partial charge < -0.3 is 18.1 Å². The number of hydrogen-bond acceptors (Lipinski definition) is 6. The third kappa shape index (κ3) is 5.25. The van der Waals surface area contributed by atoms with E-state index in [2.05, 4.69) is 0 Å². The Morgan fingerprint density at radius 1 is 0.548 bits per heavy atom. The average molecular weight is 504 g/mol. The van der Waals surface area contributed by atoms with Gasteiger partial charge in [-0.2, -0.15) is 26.3 Å². The van der Waals surface area contributed by atoms with Crippen molar-refractivity contribution in [2.24, 2.45) is 0 Å². The highest BCUT2D eigenvalue weighted by molar-refractivity contribution is 7.63. The Morgan fingerprint density at radius 2 is 0.742 bits per heavy atom. The van der Waals surface area contributed by atoms with Gasteiger partial charge in [0.2, 0.25) is 0 Å². The molecule has 6 nitrogen and oxygen atoms in total. The van der Waals surface area contributed by atoms with Gasteiger partial charge in [0, 0.05) is 0 Å². The first-order chi connectivity index (χ1) is 13.7. The Labute approximate surface area is 177 Å². The standard InChI is InChI=1S/C17H28F6O6P2/c1-9(2)26-30(24,27-10(3)4)13-14(16(20,21)17(22,23)15(13,18)19)31(25,28-11(5)6)29-12(7)8/h9-12H,1-8H3. The van der Waals surface area contributed by atoms with E-state index in [0.29, 0.717) is 0 Å². The quantitative estimate of drug-likeness (QED) is 0.231. The van der Waals surface area contributed by atoms with Gasteiger partial charge in [-0.1, -0.05) is 0 Å². The SMILES string of the molecule is CC(C)OP(=O)(OC(C)C)C1=C(P(=O)(OC(C)C)OC(C)C)C(F)(F)C(F)(F)C1(F)F. The Kier molecular flexibility index (Phi) is 8.42. The first-order valence-corrected chi connectivity index (χ1v) is 12.6. The van der Waals surface area contributed by atoms with Crippen molar-refractivity contribution in [3.8, 4) is 0 Å². The number of hydrogen-bond donors (Lipinski definition) is 0. The Morgan fingerprint density at radius 3 is 0.903 bits per heavy atom. The molecule has 1 aliphatic carbocycles. The molecule has 0 atom stereocenters. The number of halogens is 6. The van der Waals surface area contributed by atoms with Crippen molar-refractivity contribution in [2.45, 2.75) is 97.6 Å². The molecule has 14 heteroatoms.